The molecule has 0 spiro atoms. The van der Waals surface area contributed by atoms with E-state index in [9.17, 15) is 0 Å². The number of terminal acetylenes is 1. The first-order valence-corrected chi connectivity index (χ1v) is 5.80. The molecule has 0 radical (unpaired) electrons. The molecule has 1 unspecified atom stereocenters. The standard InChI is InChI=1S/C14H14O3/c1-2-11-8-12-13(9-15-11)17-14(16-12)10-6-4-3-5-7-10/h1,3-7,11-14H,8-9H2/t11-,12-,13+,14?/m0/s1. The highest BCUT2D eigenvalue weighted by molar-refractivity contribution is 5.17. The van der Waals surface area contributed by atoms with Crippen molar-refractivity contribution in [1.82, 2.24) is 0 Å². The Morgan fingerprint density at radius 3 is 2.65 bits per heavy atom. The summed E-state index contributed by atoms with van der Waals surface area (Å²) in [6, 6.07) is 9.93. The van der Waals surface area contributed by atoms with Gasteiger partial charge in [0.25, 0.3) is 0 Å². The number of ether oxygens (including phenoxy) is 3. The van der Waals surface area contributed by atoms with Gasteiger partial charge in [0.1, 0.15) is 12.2 Å². The lowest BCUT2D eigenvalue weighted by atomic mass is 10.0. The van der Waals surface area contributed by atoms with E-state index in [1.165, 1.54) is 0 Å². The molecule has 2 aliphatic rings. The van der Waals surface area contributed by atoms with Crippen LogP contribution >= 0.6 is 0 Å². The zero-order valence-electron chi connectivity index (χ0n) is 9.41. The molecule has 1 aromatic carbocycles. The highest BCUT2D eigenvalue weighted by Crippen LogP contribution is 2.35. The maximum atomic E-state index is 5.89. The Bertz CT molecular complexity index is 423. The minimum absolute atomic E-state index is 0.00445. The fourth-order valence-corrected chi connectivity index (χ4v) is 2.25. The molecule has 2 saturated heterocycles. The molecule has 0 aromatic heterocycles. The van der Waals surface area contributed by atoms with Crippen LogP contribution in [0.4, 0.5) is 0 Å². The second-order valence-corrected chi connectivity index (χ2v) is 4.32. The smallest absolute Gasteiger partial charge is 0.184 e. The van der Waals surface area contributed by atoms with Crippen LogP contribution in [0.15, 0.2) is 30.3 Å². The molecule has 3 nitrogen and oxygen atoms in total. The molecule has 0 bridgehead atoms. The summed E-state index contributed by atoms with van der Waals surface area (Å²) in [5.74, 6) is 2.61. The van der Waals surface area contributed by atoms with Crippen LogP contribution in [0.5, 0.6) is 0 Å². The minimum Gasteiger partial charge on any atom is -0.363 e. The molecule has 0 aliphatic carbocycles. The highest BCUT2D eigenvalue weighted by Gasteiger charge is 2.41. The number of fused-ring (bicyclic) bond motifs is 1. The second-order valence-electron chi connectivity index (χ2n) is 4.32. The molecule has 2 heterocycles. The molecule has 3 heteroatoms. The third-order valence-electron chi connectivity index (χ3n) is 3.18. The SMILES string of the molecule is C#C[C@H]1C[C@@H]2OC(c3ccccc3)O[C@@H]2CO1. The Kier molecular flexibility index (Phi) is 2.86. The molecule has 2 aliphatic heterocycles. The first-order chi connectivity index (χ1) is 8.36. The summed E-state index contributed by atoms with van der Waals surface area (Å²) in [6.07, 6.45) is 5.70. The maximum Gasteiger partial charge on any atom is 0.184 e. The zero-order valence-corrected chi connectivity index (χ0v) is 9.41. The topological polar surface area (TPSA) is 27.7 Å². The van der Waals surface area contributed by atoms with Crippen LogP contribution in [0.2, 0.25) is 0 Å². The van der Waals surface area contributed by atoms with Crippen molar-refractivity contribution in [2.75, 3.05) is 6.61 Å². The van der Waals surface area contributed by atoms with Crippen LogP contribution in [0.3, 0.4) is 0 Å². The molecule has 0 N–H and O–H groups in total. The lowest BCUT2D eigenvalue weighted by Gasteiger charge is -2.26. The van der Waals surface area contributed by atoms with Gasteiger partial charge in [-0.25, -0.2) is 0 Å². The molecule has 88 valence electrons. The molecule has 0 saturated carbocycles. The fraction of sp³-hybridized carbons (Fsp3) is 0.429. The number of hydrogen-bond acceptors (Lipinski definition) is 3. The Hall–Kier alpha value is -1.34. The van der Waals surface area contributed by atoms with Crippen LogP contribution in [0.25, 0.3) is 0 Å². The minimum atomic E-state index is -0.286. The van der Waals surface area contributed by atoms with Gasteiger partial charge in [0, 0.05) is 12.0 Å². The quantitative estimate of drug-likeness (QED) is 0.689. The van der Waals surface area contributed by atoms with Crippen LogP contribution in [0, 0.1) is 12.3 Å². The molecule has 2 fully saturated rings. The van der Waals surface area contributed by atoms with Gasteiger partial charge >= 0.3 is 0 Å². The fourth-order valence-electron chi connectivity index (χ4n) is 2.25. The monoisotopic (exact) mass is 230 g/mol. The summed E-state index contributed by atoms with van der Waals surface area (Å²) in [5.41, 5.74) is 1.04. The van der Waals surface area contributed by atoms with E-state index in [-0.39, 0.29) is 24.6 Å². The van der Waals surface area contributed by atoms with E-state index in [1.807, 2.05) is 30.3 Å². The van der Waals surface area contributed by atoms with Gasteiger partial charge < -0.3 is 14.2 Å². The van der Waals surface area contributed by atoms with Crippen molar-refractivity contribution in [3.63, 3.8) is 0 Å². The van der Waals surface area contributed by atoms with Crippen molar-refractivity contribution in [1.29, 1.82) is 0 Å². The van der Waals surface area contributed by atoms with Crippen molar-refractivity contribution in [3.8, 4) is 12.3 Å². The third-order valence-corrected chi connectivity index (χ3v) is 3.18. The normalized spacial score (nSPS) is 36.2. The zero-order chi connectivity index (χ0) is 11.7. The largest absolute Gasteiger partial charge is 0.363 e. The molecular formula is C14H14O3. The molecule has 0 amide bonds. The average molecular weight is 230 g/mol. The molecule has 4 atom stereocenters. The van der Waals surface area contributed by atoms with Gasteiger partial charge in [0.05, 0.1) is 12.7 Å². The van der Waals surface area contributed by atoms with Gasteiger partial charge in [-0.3, -0.25) is 0 Å². The number of benzene rings is 1. The van der Waals surface area contributed by atoms with E-state index >= 15 is 0 Å². The Morgan fingerprint density at radius 1 is 1.12 bits per heavy atom. The van der Waals surface area contributed by atoms with Crippen LogP contribution in [-0.4, -0.2) is 24.9 Å². The molecule has 3 rings (SSSR count). The van der Waals surface area contributed by atoms with E-state index in [0.717, 1.165) is 5.56 Å². The summed E-state index contributed by atoms with van der Waals surface area (Å²) in [7, 11) is 0. The van der Waals surface area contributed by atoms with Crippen molar-refractivity contribution < 1.29 is 14.2 Å². The summed E-state index contributed by atoms with van der Waals surface area (Å²) in [5, 5.41) is 0. The van der Waals surface area contributed by atoms with Crippen molar-refractivity contribution in [3.05, 3.63) is 35.9 Å². The first-order valence-electron chi connectivity index (χ1n) is 5.80. The first kappa shape index (κ1) is 10.8. The van der Waals surface area contributed by atoms with Crippen LogP contribution in [-0.2, 0) is 14.2 Å². The van der Waals surface area contributed by atoms with Gasteiger partial charge in [0.15, 0.2) is 6.29 Å². The van der Waals surface area contributed by atoms with E-state index in [1.54, 1.807) is 0 Å². The third kappa shape index (κ3) is 2.07. The molecule has 1 aromatic rings. The van der Waals surface area contributed by atoms with Crippen molar-refractivity contribution in [2.45, 2.75) is 31.0 Å². The Labute approximate surface area is 101 Å². The Balaban J connectivity index is 1.72. The van der Waals surface area contributed by atoms with E-state index in [0.29, 0.717) is 13.0 Å². The van der Waals surface area contributed by atoms with E-state index in [2.05, 4.69) is 5.92 Å². The highest BCUT2D eigenvalue weighted by atomic mass is 16.7. The lowest BCUT2D eigenvalue weighted by Crippen LogP contribution is -2.38. The molecule has 17 heavy (non-hydrogen) atoms. The van der Waals surface area contributed by atoms with Gasteiger partial charge in [-0.15, -0.1) is 6.42 Å². The summed E-state index contributed by atoms with van der Waals surface area (Å²) >= 11 is 0. The predicted molar refractivity (Wildman–Crippen MR) is 62.1 cm³/mol. The summed E-state index contributed by atoms with van der Waals surface area (Å²) in [4.78, 5) is 0. The lowest BCUT2D eigenvalue weighted by molar-refractivity contribution is -0.0725. The summed E-state index contributed by atoms with van der Waals surface area (Å²) in [6.45, 7) is 0.517. The van der Waals surface area contributed by atoms with Crippen LogP contribution in [0.1, 0.15) is 18.3 Å². The predicted octanol–water partition coefficient (Wildman–Crippen LogP) is 1.89. The molecular weight excluding hydrogens is 216 g/mol. The van der Waals surface area contributed by atoms with E-state index in [4.69, 9.17) is 20.6 Å². The average Bonchev–Trinajstić information content (AvgIpc) is 2.82. The Morgan fingerprint density at radius 2 is 1.88 bits per heavy atom. The van der Waals surface area contributed by atoms with Gasteiger partial charge in [-0.2, -0.15) is 0 Å². The van der Waals surface area contributed by atoms with Gasteiger partial charge in [-0.05, 0) is 0 Å². The van der Waals surface area contributed by atoms with E-state index < -0.39 is 0 Å². The number of hydrogen-bond donors (Lipinski definition) is 0. The van der Waals surface area contributed by atoms with Crippen molar-refractivity contribution in [2.24, 2.45) is 0 Å². The number of rotatable bonds is 1. The van der Waals surface area contributed by atoms with Crippen LogP contribution < -0.4 is 0 Å². The second kappa shape index (κ2) is 4.50. The van der Waals surface area contributed by atoms with Gasteiger partial charge in [-0.1, -0.05) is 36.3 Å². The summed E-state index contributed by atoms with van der Waals surface area (Å²) < 4.78 is 17.2. The maximum absolute atomic E-state index is 5.89. The van der Waals surface area contributed by atoms with Crippen molar-refractivity contribution >= 4 is 0 Å². The van der Waals surface area contributed by atoms with Gasteiger partial charge in [0.2, 0.25) is 0 Å².